The monoisotopic (exact) mass is 388 g/mol. The first-order valence-electron chi connectivity index (χ1n) is 10.4. The van der Waals surface area contributed by atoms with E-state index >= 15 is 0 Å². The molecule has 28 heavy (non-hydrogen) atoms. The van der Waals surface area contributed by atoms with Crippen LogP contribution in [0, 0.1) is 11.8 Å². The number of fused-ring (bicyclic) bond motifs is 1. The van der Waals surface area contributed by atoms with Crippen LogP contribution in [0.15, 0.2) is 12.2 Å². The summed E-state index contributed by atoms with van der Waals surface area (Å²) in [5, 5.41) is 0. The lowest BCUT2D eigenvalue weighted by Crippen LogP contribution is -2.56. The highest BCUT2D eigenvalue weighted by molar-refractivity contribution is 6.07. The number of rotatable bonds is 2. The molecule has 2 atom stereocenters. The van der Waals surface area contributed by atoms with Gasteiger partial charge in [0.05, 0.1) is 11.8 Å². The summed E-state index contributed by atoms with van der Waals surface area (Å²) in [7, 11) is 0. The number of imide groups is 1. The lowest BCUT2D eigenvalue weighted by molar-refractivity contribution is -0.147. The Morgan fingerprint density at radius 3 is 1.82 bits per heavy atom. The number of hydrogen-bond acceptors (Lipinski definition) is 4. The molecule has 0 N–H and O–H groups in total. The predicted octanol–water partition coefficient (Wildman–Crippen LogP) is 0.688. The van der Waals surface area contributed by atoms with Crippen molar-refractivity contribution < 1.29 is 19.2 Å². The molecule has 0 aromatic heterocycles. The van der Waals surface area contributed by atoms with Gasteiger partial charge in [0.1, 0.15) is 6.54 Å². The van der Waals surface area contributed by atoms with E-state index in [9.17, 15) is 19.2 Å². The maximum absolute atomic E-state index is 12.7. The Hall–Kier alpha value is -2.38. The number of allylic oxidation sites excluding steroid dienone is 2. The van der Waals surface area contributed by atoms with Gasteiger partial charge in [-0.05, 0) is 32.1 Å². The normalized spacial score (nSPS) is 28.0. The molecule has 8 heteroatoms. The van der Waals surface area contributed by atoms with Gasteiger partial charge in [0.25, 0.3) is 0 Å². The van der Waals surface area contributed by atoms with E-state index in [1.807, 2.05) is 22.0 Å². The fourth-order valence-electron chi connectivity index (χ4n) is 4.69. The van der Waals surface area contributed by atoms with E-state index in [1.54, 1.807) is 4.90 Å². The van der Waals surface area contributed by atoms with Crippen LogP contribution in [-0.4, -0.2) is 89.2 Å². The fourth-order valence-corrected chi connectivity index (χ4v) is 4.69. The number of piperazine rings is 1. The van der Waals surface area contributed by atoms with Crippen LogP contribution in [0.1, 0.15) is 32.1 Å². The second-order valence-electron chi connectivity index (χ2n) is 8.12. The topological polar surface area (TPSA) is 81.2 Å². The predicted molar refractivity (Wildman–Crippen MR) is 101 cm³/mol. The van der Waals surface area contributed by atoms with E-state index in [0.717, 1.165) is 30.8 Å². The van der Waals surface area contributed by atoms with Crippen molar-refractivity contribution in [1.82, 2.24) is 19.6 Å². The van der Waals surface area contributed by atoms with E-state index in [2.05, 4.69) is 0 Å². The maximum atomic E-state index is 12.7. The Morgan fingerprint density at radius 2 is 1.25 bits per heavy atom. The highest BCUT2D eigenvalue weighted by atomic mass is 16.2. The first-order chi connectivity index (χ1) is 13.6. The fraction of sp³-hybridized carbons (Fsp3) is 0.700. The molecular weight excluding hydrogens is 360 g/mol. The maximum Gasteiger partial charge on any atom is 0.320 e. The van der Waals surface area contributed by atoms with Crippen LogP contribution in [0.4, 0.5) is 4.79 Å². The lowest BCUT2D eigenvalue weighted by atomic mass is 9.85. The standard InChI is InChI=1S/C20H28N4O4/c25-17(14-24-18(26)15-6-2-3-7-16(15)19(24)27)21-10-12-23(13-11-21)20(28)22-8-4-1-5-9-22/h2-3,15-16H,1,4-14H2. The van der Waals surface area contributed by atoms with Gasteiger partial charge in [-0.15, -0.1) is 0 Å². The van der Waals surface area contributed by atoms with Crippen LogP contribution in [-0.2, 0) is 14.4 Å². The molecule has 152 valence electrons. The number of carbonyl (C=O) groups is 4. The van der Waals surface area contributed by atoms with Crippen LogP contribution < -0.4 is 0 Å². The van der Waals surface area contributed by atoms with Gasteiger partial charge in [0.15, 0.2) is 0 Å². The number of piperidine rings is 1. The van der Waals surface area contributed by atoms with Crippen molar-refractivity contribution in [1.29, 1.82) is 0 Å². The second kappa shape index (κ2) is 7.93. The molecule has 0 bridgehead atoms. The zero-order valence-corrected chi connectivity index (χ0v) is 16.2. The van der Waals surface area contributed by atoms with Crippen molar-refractivity contribution in [2.75, 3.05) is 45.8 Å². The van der Waals surface area contributed by atoms with E-state index in [0.29, 0.717) is 39.0 Å². The number of urea groups is 1. The van der Waals surface area contributed by atoms with Gasteiger partial charge < -0.3 is 14.7 Å². The molecule has 4 aliphatic rings. The van der Waals surface area contributed by atoms with Crippen molar-refractivity contribution in [2.24, 2.45) is 11.8 Å². The smallest absolute Gasteiger partial charge is 0.320 e. The molecule has 1 aliphatic carbocycles. The molecule has 3 saturated heterocycles. The second-order valence-corrected chi connectivity index (χ2v) is 8.12. The minimum absolute atomic E-state index is 0.0632. The molecule has 8 nitrogen and oxygen atoms in total. The lowest BCUT2D eigenvalue weighted by Gasteiger charge is -2.38. The summed E-state index contributed by atoms with van der Waals surface area (Å²) in [6, 6.07) is 0.0632. The van der Waals surface area contributed by atoms with Gasteiger partial charge in [-0.2, -0.15) is 0 Å². The molecule has 0 spiro atoms. The first kappa shape index (κ1) is 19.0. The van der Waals surface area contributed by atoms with Crippen molar-refractivity contribution in [3.05, 3.63) is 12.2 Å². The quantitative estimate of drug-likeness (QED) is 0.515. The Balaban J connectivity index is 1.29. The SMILES string of the molecule is O=C(CN1C(=O)C2CC=CCC2C1=O)N1CCN(C(=O)N2CCCCC2)CC1. The third kappa shape index (κ3) is 3.52. The summed E-state index contributed by atoms with van der Waals surface area (Å²) in [5.41, 5.74) is 0. The number of nitrogens with zero attached hydrogens (tertiary/aromatic N) is 4. The molecule has 2 unspecified atom stereocenters. The number of carbonyl (C=O) groups excluding carboxylic acids is 4. The molecule has 3 aliphatic heterocycles. The van der Waals surface area contributed by atoms with Gasteiger partial charge in [0, 0.05) is 39.3 Å². The van der Waals surface area contributed by atoms with Gasteiger partial charge in [-0.25, -0.2) is 4.79 Å². The van der Waals surface area contributed by atoms with E-state index in [-0.39, 0.29) is 42.1 Å². The molecule has 0 radical (unpaired) electrons. The number of amides is 5. The summed E-state index contributed by atoms with van der Waals surface area (Å²) in [4.78, 5) is 56.8. The molecule has 3 fully saturated rings. The first-order valence-corrected chi connectivity index (χ1v) is 10.4. The summed E-state index contributed by atoms with van der Waals surface area (Å²) < 4.78 is 0. The average Bonchev–Trinajstić information content (AvgIpc) is 2.99. The van der Waals surface area contributed by atoms with Crippen LogP contribution in [0.2, 0.25) is 0 Å². The number of likely N-dealkylation sites (tertiary alicyclic amines) is 2. The zero-order valence-electron chi connectivity index (χ0n) is 16.2. The van der Waals surface area contributed by atoms with Gasteiger partial charge in [-0.1, -0.05) is 12.2 Å². The van der Waals surface area contributed by atoms with E-state index in [4.69, 9.17) is 0 Å². The Labute approximate surface area is 165 Å². The molecule has 0 saturated carbocycles. The molecule has 0 aromatic rings. The Morgan fingerprint density at radius 1 is 0.750 bits per heavy atom. The van der Waals surface area contributed by atoms with Crippen molar-refractivity contribution in [2.45, 2.75) is 32.1 Å². The van der Waals surface area contributed by atoms with Crippen LogP contribution in [0.3, 0.4) is 0 Å². The van der Waals surface area contributed by atoms with Crippen LogP contribution in [0.5, 0.6) is 0 Å². The van der Waals surface area contributed by atoms with Gasteiger partial charge >= 0.3 is 6.03 Å². The minimum Gasteiger partial charge on any atom is -0.338 e. The molecule has 0 aromatic carbocycles. The van der Waals surface area contributed by atoms with E-state index in [1.165, 1.54) is 6.42 Å². The largest absolute Gasteiger partial charge is 0.338 e. The van der Waals surface area contributed by atoms with Crippen LogP contribution >= 0.6 is 0 Å². The molecule has 3 heterocycles. The summed E-state index contributed by atoms with van der Waals surface area (Å²) in [6.45, 7) is 3.34. The summed E-state index contributed by atoms with van der Waals surface area (Å²) in [6.07, 6.45) is 8.33. The van der Waals surface area contributed by atoms with Crippen molar-refractivity contribution in [3.8, 4) is 0 Å². The molecule has 4 rings (SSSR count). The van der Waals surface area contributed by atoms with Crippen molar-refractivity contribution >= 4 is 23.8 Å². The highest BCUT2D eigenvalue weighted by Gasteiger charge is 2.48. The van der Waals surface area contributed by atoms with E-state index < -0.39 is 0 Å². The van der Waals surface area contributed by atoms with Crippen molar-refractivity contribution in [3.63, 3.8) is 0 Å². The Bertz CT molecular complexity index is 666. The average molecular weight is 388 g/mol. The Kier molecular flexibility index (Phi) is 5.37. The summed E-state index contributed by atoms with van der Waals surface area (Å²) >= 11 is 0. The van der Waals surface area contributed by atoms with Gasteiger partial charge in [-0.3, -0.25) is 19.3 Å². The molecule has 5 amide bonds. The minimum atomic E-state index is -0.302. The molecular formula is C20H28N4O4. The zero-order chi connectivity index (χ0) is 19.7. The third-order valence-electron chi connectivity index (χ3n) is 6.42. The summed E-state index contributed by atoms with van der Waals surface area (Å²) in [5.74, 6) is -1.25. The number of hydrogen-bond donors (Lipinski definition) is 0. The third-order valence-corrected chi connectivity index (χ3v) is 6.42. The van der Waals surface area contributed by atoms with Gasteiger partial charge in [0.2, 0.25) is 17.7 Å². The highest BCUT2D eigenvalue weighted by Crippen LogP contribution is 2.34. The van der Waals surface area contributed by atoms with Crippen LogP contribution in [0.25, 0.3) is 0 Å².